The lowest BCUT2D eigenvalue weighted by Gasteiger charge is -2.02. The second-order valence-corrected chi connectivity index (χ2v) is 2.59. The molecule has 1 atom stereocenters. The molecule has 0 saturated carbocycles. The number of aliphatic hydroxyl groups excluding tert-OH is 1. The highest BCUT2D eigenvalue weighted by molar-refractivity contribution is 8.09. The molecule has 0 radical (unpaired) electrons. The maximum absolute atomic E-state index is 8.41. The van der Waals surface area contributed by atoms with Crippen LogP contribution in [-0.4, -0.2) is 21.0 Å². The van der Waals surface area contributed by atoms with E-state index in [1.165, 1.54) is 0 Å². The highest BCUT2D eigenvalue weighted by atomic mass is 32.2. The molecule has 3 nitrogen and oxygen atoms in total. The van der Waals surface area contributed by atoms with Crippen molar-refractivity contribution in [3.63, 3.8) is 0 Å². The van der Waals surface area contributed by atoms with Crippen LogP contribution in [0.3, 0.4) is 0 Å². The summed E-state index contributed by atoms with van der Waals surface area (Å²) in [5.41, 5.74) is 0.730. The Kier molecular flexibility index (Phi) is 5.12. The molecule has 0 heterocycles. The normalized spacial score (nSPS) is 14.1. The average molecular weight is 141 g/mol. The molecule has 0 bridgehead atoms. The zero-order valence-electron chi connectivity index (χ0n) is 3.53. The quantitative estimate of drug-likeness (QED) is 0.251. The van der Waals surface area contributed by atoms with Gasteiger partial charge < -0.3 is 10.3 Å². The van der Waals surface area contributed by atoms with Crippen molar-refractivity contribution in [3.05, 3.63) is 0 Å². The Balaban J connectivity index is 2.83. The van der Waals surface area contributed by atoms with Crippen molar-refractivity contribution in [2.45, 2.75) is 5.56 Å². The SMILES string of the molecule is ONC(O)SCS. The van der Waals surface area contributed by atoms with Crippen molar-refractivity contribution >= 4 is 24.4 Å². The third-order valence-corrected chi connectivity index (χ3v) is 1.36. The van der Waals surface area contributed by atoms with Gasteiger partial charge in [0.1, 0.15) is 0 Å². The molecular formula is C2H7NO2S2. The van der Waals surface area contributed by atoms with Crippen LogP contribution in [0.2, 0.25) is 0 Å². The monoisotopic (exact) mass is 141 g/mol. The predicted molar refractivity (Wildman–Crippen MR) is 32.4 cm³/mol. The van der Waals surface area contributed by atoms with Gasteiger partial charge in [-0.1, -0.05) is 0 Å². The summed E-state index contributed by atoms with van der Waals surface area (Å²) in [7, 11) is 0. The Morgan fingerprint density at radius 1 is 1.86 bits per heavy atom. The van der Waals surface area contributed by atoms with Gasteiger partial charge in [0.15, 0.2) is 5.56 Å². The lowest BCUT2D eigenvalue weighted by molar-refractivity contribution is 0.0571. The number of thiol groups is 1. The van der Waals surface area contributed by atoms with E-state index in [1.807, 2.05) is 0 Å². The van der Waals surface area contributed by atoms with Gasteiger partial charge in [-0.2, -0.15) is 18.1 Å². The zero-order chi connectivity index (χ0) is 5.70. The van der Waals surface area contributed by atoms with Crippen LogP contribution in [0.5, 0.6) is 0 Å². The molecule has 0 saturated heterocycles. The van der Waals surface area contributed by atoms with Gasteiger partial charge in [0.05, 0.1) is 0 Å². The number of nitrogens with one attached hydrogen (secondary N) is 1. The highest BCUT2D eigenvalue weighted by Crippen LogP contribution is 2.04. The van der Waals surface area contributed by atoms with Gasteiger partial charge in [-0.25, -0.2) is 0 Å². The maximum Gasteiger partial charge on any atom is 0.175 e. The van der Waals surface area contributed by atoms with Crippen molar-refractivity contribution in [1.82, 2.24) is 5.48 Å². The summed E-state index contributed by atoms with van der Waals surface area (Å²) in [6, 6.07) is 0. The van der Waals surface area contributed by atoms with E-state index in [-0.39, 0.29) is 0 Å². The van der Waals surface area contributed by atoms with Crippen LogP contribution < -0.4 is 5.48 Å². The van der Waals surface area contributed by atoms with Crippen molar-refractivity contribution in [2.75, 3.05) is 5.08 Å². The van der Waals surface area contributed by atoms with E-state index in [0.717, 1.165) is 11.8 Å². The minimum atomic E-state index is -0.905. The van der Waals surface area contributed by atoms with Gasteiger partial charge in [0, 0.05) is 5.08 Å². The first kappa shape index (κ1) is 7.58. The van der Waals surface area contributed by atoms with Crippen molar-refractivity contribution < 1.29 is 10.3 Å². The number of aliphatic hydroxyl groups is 1. The second-order valence-electron chi connectivity index (χ2n) is 0.777. The lowest BCUT2D eigenvalue weighted by atomic mass is 11.3. The molecule has 0 aromatic heterocycles. The molecule has 1 unspecified atom stereocenters. The molecule has 0 aliphatic carbocycles. The van der Waals surface area contributed by atoms with Gasteiger partial charge in [0.25, 0.3) is 0 Å². The van der Waals surface area contributed by atoms with E-state index in [1.54, 1.807) is 5.48 Å². The molecule has 0 aliphatic rings. The number of rotatable bonds is 3. The largest absolute Gasteiger partial charge is 0.367 e. The van der Waals surface area contributed by atoms with Crippen LogP contribution in [-0.2, 0) is 0 Å². The summed E-state index contributed by atoms with van der Waals surface area (Å²) in [6.45, 7) is 0. The third kappa shape index (κ3) is 4.43. The predicted octanol–water partition coefficient (Wildman–Crippen LogP) is -0.138. The molecular weight excluding hydrogens is 134 g/mol. The molecule has 0 aromatic carbocycles. The van der Waals surface area contributed by atoms with Gasteiger partial charge >= 0.3 is 0 Å². The second kappa shape index (κ2) is 4.73. The van der Waals surface area contributed by atoms with E-state index >= 15 is 0 Å². The fraction of sp³-hybridized carbons (Fsp3) is 1.00. The van der Waals surface area contributed by atoms with E-state index in [2.05, 4.69) is 12.6 Å². The van der Waals surface area contributed by atoms with E-state index in [0.29, 0.717) is 5.08 Å². The standard InChI is InChI=1S/C2H7NO2S2/c4-2(3-5)7-1-6/h2-6H,1H2. The molecule has 0 spiro atoms. The molecule has 3 N–H and O–H groups in total. The van der Waals surface area contributed by atoms with Crippen LogP contribution in [0.1, 0.15) is 0 Å². The Hall–Kier alpha value is 0.580. The number of thioether (sulfide) groups is 1. The van der Waals surface area contributed by atoms with Crippen LogP contribution in [0.4, 0.5) is 0 Å². The minimum Gasteiger partial charge on any atom is -0.367 e. The Bertz CT molecular complexity index is 44.7. The van der Waals surface area contributed by atoms with Gasteiger partial charge in [-0.3, -0.25) is 0 Å². The van der Waals surface area contributed by atoms with Crippen LogP contribution in [0.25, 0.3) is 0 Å². The lowest BCUT2D eigenvalue weighted by Crippen LogP contribution is -2.20. The van der Waals surface area contributed by atoms with Crippen molar-refractivity contribution in [1.29, 1.82) is 0 Å². The van der Waals surface area contributed by atoms with Gasteiger partial charge in [-0.05, 0) is 0 Å². The molecule has 0 rings (SSSR count). The van der Waals surface area contributed by atoms with Crippen LogP contribution in [0.15, 0.2) is 0 Å². The molecule has 0 aromatic rings. The summed E-state index contributed by atoms with van der Waals surface area (Å²) < 4.78 is 0. The number of hydroxylamine groups is 1. The molecule has 44 valence electrons. The smallest absolute Gasteiger partial charge is 0.175 e. The fourth-order valence-corrected chi connectivity index (χ4v) is 0.747. The van der Waals surface area contributed by atoms with Crippen molar-refractivity contribution in [2.24, 2.45) is 0 Å². The summed E-state index contributed by atoms with van der Waals surface area (Å²) in [6.07, 6.45) is 0. The molecule has 0 fully saturated rings. The Morgan fingerprint density at radius 3 is 2.57 bits per heavy atom. The minimum absolute atomic E-state index is 0.481. The molecule has 5 heteroatoms. The Morgan fingerprint density at radius 2 is 2.43 bits per heavy atom. The first-order chi connectivity index (χ1) is 3.31. The first-order valence-electron chi connectivity index (χ1n) is 1.61. The van der Waals surface area contributed by atoms with Gasteiger partial charge in [0.2, 0.25) is 0 Å². The molecule has 7 heavy (non-hydrogen) atoms. The van der Waals surface area contributed by atoms with E-state index in [9.17, 15) is 0 Å². The number of hydrogen-bond acceptors (Lipinski definition) is 5. The number of hydrogen-bond donors (Lipinski definition) is 4. The topological polar surface area (TPSA) is 52.5 Å². The fourth-order valence-electron chi connectivity index (χ4n) is 0.108. The summed E-state index contributed by atoms with van der Waals surface area (Å²) in [5.74, 6) is 0. The summed E-state index contributed by atoms with van der Waals surface area (Å²) in [4.78, 5) is 0. The van der Waals surface area contributed by atoms with Crippen LogP contribution in [0, 0.1) is 0 Å². The maximum atomic E-state index is 8.41. The Labute approximate surface area is 51.5 Å². The van der Waals surface area contributed by atoms with E-state index in [4.69, 9.17) is 10.3 Å². The summed E-state index contributed by atoms with van der Waals surface area (Å²) in [5, 5.41) is 16.8. The van der Waals surface area contributed by atoms with Crippen molar-refractivity contribution in [3.8, 4) is 0 Å². The van der Waals surface area contributed by atoms with Gasteiger partial charge in [-0.15, -0.1) is 11.8 Å². The third-order valence-electron chi connectivity index (χ3n) is 0.343. The zero-order valence-corrected chi connectivity index (χ0v) is 5.25. The summed E-state index contributed by atoms with van der Waals surface area (Å²) >= 11 is 4.86. The van der Waals surface area contributed by atoms with Crippen LogP contribution >= 0.6 is 24.4 Å². The first-order valence-corrected chi connectivity index (χ1v) is 3.29. The molecule has 0 amide bonds. The molecule has 0 aliphatic heterocycles. The van der Waals surface area contributed by atoms with E-state index < -0.39 is 5.56 Å². The highest BCUT2D eigenvalue weighted by Gasteiger charge is 1.95. The average Bonchev–Trinajstić information content (AvgIpc) is 1.68.